The van der Waals surface area contributed by atoms with Gasteiger partial charge in [0.2, 0.25) is 10.0 Å². The Bertz CT molecular complexity index is 616. The van der Waals surface area contributed by atoms with E-state index in [0.29, 0.717) is 18.7 Å². The SMILES string of the molecule is Cc1cc(S(=O)(=O)N2CCC(C)(N(C)C)C2)ccc1F. The van der Waals surface area contributed by atoms with E-state index in [1.54, 1.807) is 6.92 Å². The van der Waals surface area contributed by atoms with E-state index in [4.69, 9.17) is 0 Å². The summed E-state index contributed by atoms with van der Waals surface area (Å²) in [4.78, 5) is 2.22. The highest BCUT2D eigenvalue weighted by Crippen LogP contribution is 2.30. The van der Waals surface area contributed by atoms with Gasteiger partial charge in [-0.05, 0) is 58.1 Å². The van der Waals surface area contributed by atoms with E-state index in [1.807, 2.05) is 14.1 Å². The summed E-state index contributed by atoms with van der Waals surface area (Å²) in [6, 6.07) is 3.95. The minimum atomic E-state index is -3.54. The molecule has 1 atom stereocenters. The molecule has 2 rings (SSSR count). The van der Waals surface area contributed by atoms with Crippen LogP contribution in [0.3, 0.4) is 0 Å². The maximum absolute atomic E-state index is 13.3. The van der Waals surface area contributed by atoms with Gasteiger partial charge in [0, 0.05) is 18.6 Å². The van der Waals surface area contributed by atoms with E-state index in [1.165, 1.54) is 22.5 Å². The van der Waals surface area contributed by atoms with Gasteiger partial charge in [-0.2, -0.15) is 4.31 Å². The molecule has 112 valence electrons. The number of sulfonamides is 1. The van der Waals surface area contributed by atoms with Crippen molar-refractivity contribution < 1.29 is 12.8 Å². The predicted molar refractivity (Wildman–Crippen MR) is 76.6 cm³/mol. The first-order chi connectivity index (χ1) is 9.17. The summed E-state index contributed by atoms with van der Waals surface area (Å²) in [5.74, 6) is -0.386. The van der Waals surface area contributed by atoms with Crippen LogP contribution < -0.4 is 0 Å². The zero-order valence-corrected chi connectivity index (χ0v) is 13.2. The van der Waals surface area contributed by atoms with Crippen LogP contribution in [0.2, 0.25) is 0 Å². The smallest absolute Gasteiger partial charge is 0.243 e. The molecule has 1 unspecified atom stereocenters. The summed E-state index contributed by atoms with van der Waals surface area (Å²) in [5, 5.41) is 0. The van der Waals surface area contributed by atoms with Gasteiger partial charge in [-0.1, -0.05) is 0 Å². The fraction of sp³-hybridized carbons (Fsp3) is 0.571. The fourth-order valence-corrected chi connectivity index (χ4v) is 4.04. The third-order valence-electron chi connectivity index (χ3n) is 4.26. The number of hydrogen-bond donors (Lipinski definition) is 0. The summed E-state index contributed by atoms with van der Waals surface area (Å²) in [6.07, 6.45) is 0.791. The quantitative estimate of drug-likeness (QED) is 0.855. The Labute approximate surface area is 120 Å². The lowest BCUT2D eigenvalue weighted by Gasteiger charge is -2.32. The zero-order valence-electron chi connectivity index (χ0n) is 12.4. The van der Waals surface area contributed by atoms with Gasteiger partial charge in [-0.15, -0.1) is 0 Å². The van der Waals surface area contributed by atoms with Crippen LogP contribution >= 0.6 is 0 Å². The van der Waals surface area contributed by atoms with Crippen molar-refractivity contribution in [2.75, 3.05) is 27.2 Å². The third kappa shape index (κ3) is 2.60. The summed E-state index contributed by atoms with van der Waals surface area (Å²) in [6.45, 7) is 4.58. The number of aryl methyl sites for hydroxylation is 1. The summed E-state index contributed by atoms with van der Waals surface area (Å²) < 4.78 is 40.0. The lowest BCUT2D eigenvalue weighted by atomic mass is 10.0. The third-order valence-corrected chi connectivity index (χ3v) is 6.10. The van der Waals surface area contributed by atoms with Crippen LogP contribution in [0, 0.1) is 12.7 Å². The first-order valence-electron chi connectivity index (χ1n) is 6.60. The van der Waals surface area contributed by atoms with Crippen LogP contribution in [0.4, 0.5) is 4.39 Å². The normalized spacial score (nSPS) is 24.5. The van der Waals surface area contributed by atoms with Crippen LogP contribution in [-0.4, -0.2) is 50.3 Å². The van der Waals surface area contributed by atoms with Crippen molar-refractivity contribution in [1.82, 2.24) is 9.21 Å². The molecule has 20 heavy (non-hydrogen) atoms. The maximum Gasteiger partial charge on any atom is 0.243 e. The Kier molecular flexibility index (Phi) is 3.92. The Balaban J connectivity index is 2.30. The van der Waals surface area contributed by atoms with E-state index in [2.05, 4.69) is 11.8 Å². The largest absolute Gasteiger partial charge is 0.303 e. The molecular weight excluding hydrogens is 279 g/mol. The van der Waals surface area contributed by atoms with Gasteiger partial charge in [0.15, 0.2) is 0 Å². The van der Waals surface area contributed by atoms with Gasteiger partial charge in [0.25, 0.3) is 0 Å². The van der Waals surface area contributed by atoms with Crippen LogP contribution in [0.15, 0.2) is 23.1 Å². The number of nitrogens with zero attached hydrogens (tertiary/aromatic N) is 2. The molecule has 1 fully saturated rings. The Morgan fingerprint density at radius 3 is 2.50 bits per heavy atom. The van der Waals surface area contributed by atoms with Crippen molar-refractivity contribution in [3.63, 3.8) is 0 Å². The van der Waals surface area contributed by atoms with Crippen LogP contribution in [-0.2, 0) is 10.0 Å². The van der Waals surface area contributed by atoms with Gasteiger partial charge in [0.1, 0.15) is 5.82 Å². The minimum Gasteiger partial charge on any atom is -0.303 e. The molecule has 1 aromatic rings. The molecule has 1 aliphatic heterocycles. The molecule has 0 aromatic heterocycles. The van der Waals surface area contributed by atoms with E-state index >= 15 is 0 Å². The summed E-state index contributed by atoms with van der Waals surface area (Å²) in [5.41, 5.74) is 0.197. The van der Waals surface area contributed by atoms with Crippen LogP contribution in [0.25, 0.3) is 0 Å². The zero-order chi connectivity index (χ0) is 15.1. The second-order valence-corrected chi connectivity index (χ2v) is 7.83. The summed E-state index contributed by atoms with van der Waals surface area (Å²) in [7, 11) is 0.370. The molecule has 0 amide bonds. The highest BCUT2D eigenvalue weighted by atomic mass is 32.2. The average Bonchev–Trinajstić information content (AvgIpc) is 2.77. The second kappa shape index (κ2) is 5.09. The Hall–Kier alpha value is -0.980. The topological polar surface area (TPSA) is 40.6 Å². The molecule has 6 heteroatoms. The maximum atomic E-state index is 13.3. The van der Waals surface area contributed by atoms with Crippen molar-refractivity contribution in [3.8, 4) is 0 Å². The molecule has 0 radical (unpaired) electrons. The first kappa shape index (κ1) is 15.4. The first-order valence-corrected chi connectivity index (χ1v) is 8.04. The van der Waals surface area contributed by atoms with E-state index in [9.17, 15) is 12.8 Å². The number of halogens is 1. The minimum absolute atomic E-state index is 0.151. The monoisotopic (exact) mass is 300 g/mol. The van der Waals surface area contributed by atoms with Crippen molar-refractivity contribution in [2.45, 2.75) is 30.7 Å². The molecule has 0 bridgehead atoms. The molecule has 1 heterocycles. The number of benzene rings is 1. The van der Waals surface area contributed by atoms with E-state index in [0.717, 1.165) is 6.42 Å². The molecular formula is C14H21FN2O2S. The van der Waals surface area contributed by atoms with Crippen molar-refractivity contribution in [3.05, 3.63) is 29.6 Å². The van der Waals surface area contributed by atoms with E-state index < -0.39 is 10.0 Å². The average molecular weight is 300 g/mol. The molecule has 0 spiro atoms. The number of hydrogen-bond acceptors (Lipinski definition) is 3. The molecule has 1 aromatic carbocycles. The summed E-state index contributed by atoms with van der Waals surface area (Å²) >= 11 is 0. The van der Waals surface area contributed by atoms with Crippen molar-refractivity contribution in [2.24, 2.45) is 0 Å². The van der Waals surface area contributed by atoms with Gasteiger partial charge >= 0.3 is 0 Å². The molecule has 1 aliphatic rings. The van der Waals surface area contributed by atoms with Crippen molar-refractivity contribution >= 4 is 10.0 Å². The van der Waals surface area contributed by atoms with E-state index in [-0.39, 0.29) is 16.3 Å². The lowest BCUT2D eigenvalue weighted by molar-refractivity contribution is 0.188. The second-order valence-electron chi connectivity index (χ2n) is 5.89. The fourth-order valence-electron chi connectivity index (χ4n) is 2.40. The van der Waals surface area contributed by atoms with Crippen molar-refractivity contribution in [1.29, 1.82) is 0 Å². The highest BCUT2D eigenvalue weighted by molar-refractivity contribution is 7.89. The molecule has 1 saturated heterocycles. The van der Waals surface area contributed by atoms with Gasteiger partial charge in [-0.25, -0.2) is 12.8 Å². The standard InChI is InChI=1S/C14H21FN2O2S/c1-11-9-12(5-6-13(11)15)20(18,19)17-8-7-14(2,10-17)16(3)4/h5-6,9H,7-8,10H2,1-4H3. The van der Waals surface area contributed by atoms with Crippen LogP contribution in [0.1, 0.15) is 18.9 Å². The lowest BCUT2D eigenvalue weighted by Crippen LogP contribution is -2.44. The van der Waals surface area contributed by atoms with Gasteiger partial charge < -0.3 is 4.90 Å². The van der Waals surface area contributed by atoms with Gasteiger partial charge in [0.05, 0.1) is 4.90 Å². The number of likely N-dealkylation sites (N-methyl/N-ethyl adjacent to an activating group) is 1. The molecule has 0 N–H and O–H groups in total. The Morgan fingerprint density at radius 2 is 2.00 bits per heavy atom. The molecule has 4 nitrogen and oxygen atoms in total. The Morgan fingerprint density at radius 1 is 1.35 bits per heavy atom. The predicted octanol–water partition coefficient (Wildman–Crippen LogP) is 1.85. The molecule has 0 aliphatic carbocycles. The van der Waals surface area contributed by atoms with Crippen LogP contribution in [0.5, 0.6) is 0 Å². The highest BCUT2D eigenvalue weighted by Gasteiger charge is 2.41. The number of rotatable bonds is 3. The molecule has 0 saturated carbocycles. The van der Waals surface area contributed by atoms with Gasteiger partial charge in [-0.3, -0.25) is 0 Å².